The van der Waals surface area contributed by atoms with Gasteiger partial charge in [0.15, 0.2) is 0 Å². The van der Waals surface area contributed by atoms with Crippen molar-refractivity contribution in [3.63, 3.8) is 0 Å². The normalized spacial score (nSPS) is 11.6. The molecule has 1 heterocycles. The monoisotopic (exact) mass is 250 g/mol. The second-order valence-electron chi connectivity index (χ2n) is 5.22. The molecule has 4 heteroatoms. The van der Waals surface area contributed by atoms with Crippen LogP contribution in [0.3, 0.4) is 0 Å². The van der Waals surface area contributed by atoms with E-state index in [1.165, 1.54) is 12.7 Å². The maximum Gasteiger partial charge on any atom is 0.312 e. The van der Waals surface area contributed by atoms with Gasteiger partial charge in [-0.1, -0.05) is 6.07 Å². The Morgan fingerprint density at radius 1 is 1.50 bits per heavy atom. The van der Waals surface area contributed by atoms with Crippen molar-refractivity contribution < 1.29 is 9.53 Å². The van der Waals surface area contributed by atoms with Crippen molar-refractivity contribution in [2.45, 2.75) is 20.3 Å². The van der Waals surface area contributed by atoms with Crippen molar-refractivity contribution in [2.75, 3.05) is 27.2 Å². The van der Waals surface area contributed by atoms with Gasteiger partial charge in [0.2, 0.25) is 0 Å². The fourth-order valence-corrected chi connectivity index (χ4v) is 1.96. The molecule has 0 N–H and O–H groups in total. The van der Waals surface area contributed by atoms with Crippen molar-refractivity contribution in [3.8, 4) is 0 Å². The highest BCUT2D eigenvalue weighted by Crippen LogP contribution is 2.18. The molecule has 0 aliphatic heterocycles. The molecule has 0 spiro atoms. The molecule has 0 aliphatic carbocycles. The quantitative estimate of drug-likeness (QED) is 0.721. The number of ether oxygens (including phenoxy) is 1. The number of nitrogens with zero attached hydrogens (tertiary/aromatic N) is 2. The maximum absolute atomic E-state index is 11.6. The fraction of sp³-hybridized carbons (Fsp3) is 0.571. The van der Waals surface area contributed by atoms with Gasteiger partial charge in [0.1, 0.15) is 0 Å². The van der Waals surface area contributed by atoms with Crippen molar-refractivity contribution >= 4 is 5.97 Å². The van der Waals surface area contributed by atoms with Crippen LogP contribution in [0.2, 0.25) is 0 Å². The average molecular weight is 250 g/mol. The second kappa shape index (κ2) is 6.50. The zero-order valence-electron chi connectivity index (χ0n) is 11.6. The zero-order chi connectivity index (χ0) is 13.6. The predicted molar refractivity (Wildman–Crippen MR) is 71.2 cm³/mol. The Labute approximate surface area is 109 Å². The molecule has 0 saturated heterocycles. The third-order valence-electron chi connectivity index (χ3n) is 2.91. The van der Waals surface area contributed by atoms with Gasteiger partial charge in [0, 0.05) is 25.5 Å². The van der Waals surface area contributed by atoms with E-state index in [2.05, 4.69) is 16.0 Å². The summed E-state index contributed by atoms with van der Waals surface area (Å²) >= 11 is 0. The number of methoxy groups -OCH3 is 1. The Balaban J connectivity index is 2.42. The van der Waals surface area contributed by atoms with E-state index >= 15 is 0 Å². The number of carbonyl (C=O) groups is 1. The minimum atomic E-state index is -0.474. The highest BCUT2D eigenvalue weighted by molar-refractivity contribution is 5.76. The van der Waals surface area contributed by atoms with Crippen molar-refractivity contribution in [1.82, 2.24) is 9.88 Å². The highest BCUT2D eigenvalue weighted by atomic mass is 16.5. The summed E-state index contributed by atoms with van der Waals surface area (Å²) in [5, 5.41) is 0. The van der Waals surface area contributed by atoms with Gasteiger partial charge >= 0.3 is 5.97 Å². The van der Waals surface area contributed by atoms with Gasteiger partial charge in [-0.3, -0.25) is 9.78 Å². The smallest absolute Gasteiger partial charge is 0.312 e. The molecule has 18 heavy (non-hydrogen) atoms. The van der Waals surface area contributed by atoms with E-state index in [0.717, 1.165) is 13.0 Å². The van der Waals surface area contributed by atoms with Crippen LogP contribution in [0.5, 0.6) is 0 Å². The molecule has 100 valence electrons. The minimum absolute atomic E-state index is 0.171. The van der Waals surface area contributed by atoms with Crippen LogP contribution >= 0.6 is 0 Å². The van der Waals surface area contributed by atoms with E-state index in [1.807, 2.05) is 33.2 Å². The largest absolute Gasteiger partial charge is 0.469 e. The third-order valence-corrected chi connectivity index (χ3v) is 2.91. The summed E-state index contributed by atoms with van der Waals surface area (Å²) in [6.45, 7) is 5.38. The molecular formula is C14H22N2O2. The molecule has 0 atom stereocenters. The minimum Gasteiger partial charge on any atom is -0.469 e. The van der Waals surface area contributed by atoms with E-state index in [4.69, 9.17) is 4.74 Å². The second-order valence-corrected chi connectivity index (χ2v) is 5.22. The van der Waals surface area contributed by atoms with Crippen molar-refractivity contribution in [2.24, 2.45) is 5.41 Å². The molecular weight excluding hydrogens is 228 g/mol. The Morgan fingerprint density at radius 3 is 2.78 bits per heavy atom. The highest BCUT2D eigenvalue weighted by Gasteiger charge is 2.29. The molecule has 0 aliphatic rings. The first-order valence-electron chi connectivity index (χ1n) is 6.11. The summed E-state index contributed by atoms with van der Waals surface area (Å²) in [6, 6.07) is 4.00. The van der Waals surface area contributed by atoms with Gasteiger partial charge in [-0.15, -0.1) is 0 Å². The molecule has 0 saturated carbocycles. The summed E-state index contributed by atoms with van der Waals surface area (Å²) < 4.78 is 4.80. The number of hydrogen-bond acceptors (Lipinski definition) is 4. The van der Waals surface area contributed by atoms with Gasteiger partial charge in [-0.05, 0) is 38.9 Å². The van der Waals surface area contributed by atoms with E-state index in [9.17, 15) is 4.79 Å². The first-order valence-corrected chi connectivity index (χ1v) is 6.11. The van der Waals surface area contributed by atoms with Crippen LogP contribution in [0.25, 0.3) is 0 Å². The molecule has 0 bridgehead atoms. The van der Waals surface area contributed by atoms with Crippen molar-refractivity contribution in [1.29, 1.82) is 0 Å². The van der Waals surface area contributed by atoms with Gasteiger partial charge in [-0.25, -0.2) is 0 Å². The van der Waals surface area contributed by atoms with Crippen molar-refractivity contribution in [3.05, 3.63) is 30.1 Å². The molecule has 0 amide bonds. The maximum atomic E-state index is 11.6. The van der Waals surface area contributed by atoms with E-state index in [-0.39, 0.29) is 5.97 Å². The Hall–Kier alpha value is -1.42. The number of esters is 1. The summed E-state index contributed by atoms with van der Waals surface area (Å²) in [5.74, 6) is -0.171. The van der Waals surface area contributed by atoms with Crippen LogP contribution in [0.4, 0.5) is 0 Å². The lowest BCUT2D eigenvalue weighted by Crippen LogP contribution is -2.38. The number of carbonyl (C=O) groups excluding carboxylic acids is 1. The standard InChI is InChI=1S/C14H22N2O2/c1-14(2,13(17)18-4)11-16(3)9-7-12-6-5-8-15-10-12/h5-6,8,10H,7,9,11H2,1-4H3. The zero-order valence-corrected chi connectivity index (χ0v) is 11.6. The number of hydrogen-bond donors (Lipinski definition) is 0. The Bertz CT molecular complexity index is 377. The number of pyridine rings is 1. The van der Waals surface area contributed by atoms with E-state index < -0.39 is 5.41 Å². The molecule has 0 fully saturated rings. The number of likely N-dealkylation sites (N-methyl/N-ethyl adjacent to an activating group) is 1. The summed E-state index contributed by atoms with van der Waals surface area (Å²) in [5.41, 5.74) is 0.735. The lowest BCUT2D eigenvalue weighted by molar-refractivity contribution is -0.151. The van der Waals surface area contributed by atoms with Crippen LogP contribution in [-0.4, -0.2) is 43.1 Å². The van der Waals surface area contributed by atoms with Gasteiger partial charge in [0.05, 0.1) is 12.5 Å². The molecule has 1 aromatic rings. The number of aromatic nitrogens is 1. The summed E-state index contributed by atoms with van der Waals surface area (Å²) in [4.78, 5) is 17.8. The molecule has 1 rings (SSSR count). The molecule has 0 unspecified atom stereocenters. The van der Waals surface area contributed by atoms with Crippen LogP contribution in [-0.2, 0) is 16.0 Å². The predicted octanol–water partition coefficient (Wildman–Crippen LogP) is 1.76. The third kappa shape index (κ3) is 4.45. The van der Waals surface area contributed by atoms with Crippen LogP contribution in [0.1, 0.15) is 19.4 Å². The molecule has 1 aromatic heterocycles. The van der Waals surface area contributed by atoms with Crippen LogP contribution < -0.4 is 0 Å². The van der Waals surface area contributed by atoms with Gasteiger partial charge in [0.25, 0.3) is 0 Å². The average Bonchev–Trinajstić information content (AvgIpc) is 2.36. The molecule has 0 aromatic carbocycles. The fourth-order valence-electron chi connectivity index (χ4n) is 1.96. The van der Waals surface area contributed by atoms with E-state index in [1.54, 1.807) is 6.20 Å². The van der Waals surface area contributed by atoms with Gasteiger partial charge < -0.3 is 9.64 Å². The molecule has 0 radical (unpaired) electrons. The first-order chi connectivity index (χ1) is 8.45. The topological polar surface area (TPSA) is 42.4 Å². The lowest BCUT2D eigenvalue weighted by atomic mass is 9.93. The summed E-state index contributed by atoms with van der Waals surface area (Å²) in [6.07, 6.45) is 4.58. The van der Waals surface area contributed by atoms with Crippen LogP contribution in [0.15, 0.2) is 24.5 Å². The summed E-state index contributed by atoms with van der Waals surface area (Å²) in [7, 11) is 3.45. The SMILES string of the molecule is COC(=O)C(C)(C)CN(C)CCc1cccnc1. The number of rotatable bonds is 6. The lowest BCUT2D eigenvalue weighted by Gasteiger charge is -2.27. The molecule has 4 nitrogen and oxygen atoms in total. The Morgan fingerprint density at radius 2 is 2.22 bits per heavy atom. The van der Waals surface area contributed by atoms with Gasteiger partial charge in [-0.2, -0.15) is 0 Å². The van der Waals surface area contributed by atoms with Crippen LogP contribution in [0, 0.1) is 5.41 Å². The first kappa shape index (κ1) is 14.6. The Kier molecular flexibility index (Phi) is 5.28. The van der Waals surface area contributed by atoms with E-state index in [0.29, 0.717) is 6.54 Å².